The van der Waals surface area contributed by atoms with Crippen molar-refractivity contribution < 1.29 is 29.2 Å². The number of nitrogens with two attached hydrogens (primary N) is 2. The predicted molar refractivity (Wildman–Crippen MR) is 212 cm³/mol. The zero-order chi connectivity index (χ0) is 39.5. The Hall–Kier alpha value is -5.57. The van der Waals surface area contributed by atoms with Crippen molar-refractivity contribution in [3.8, 4) is 10.6 Å². The highest BCUT2D eigenvalue weighted by Crippen LogP contribution is 2.24. The molecule has 4 heterocycles. The molecule has 0 bridgehead atoms. The van der Waals surface area contributed by atoms with E-state index in [1.807, 2.05) is 13.8 Å². The summed E-state index contributed by atoms with van der Waals surface area (Å²) in [6, 6.07) is 16.0. The number of hydrogen-bond donors (Lipinski definition) is 7. The van der Waals surface area contributed by atoms with E-state index in [-0.39, 0.29) is 39.1 Å². The SMILES string of the molecule is Cc1ccc(C(N)=O)c(NC(=O)c2csc(-c3cc[nH]c(=O)c3)n2)c1.Cc1ccc(C(N)=O)c(NC(=O)c2csc(Br)n2)c1.OB(O)c1ccnc(Cl)c1. The smallest absolute Gasteiger partial charge is 0.423 e. The van der Waals surface area contributed by atoms with Crippen molar-refractivity contribution in [2.45, 2.75) is 13.8 Å². The molecule has 0 aliphatic carbocycles. The molecule has 6 rings (SSSR count). The van der Waals surface area contributed by atoms with E-state index >= 15 is 0 Å². The predicted octanol–water partition coefficient (Wildman–Crippen LogP) is 4.14. The second-order valence-electron chi connectivity index (χ2n) is 11.0. The van der Waals surface area contributed by atoms with E-state index in [0.717, 1.165) is 11.1 Å². The summed E-state index contributed by atoms with van der Waals surface area (Å²) in [6.45, 7) is 3.70. The van der Waals surface area contributed by atoms with E-state index in [1.165, 1.54) is 53.3 Å². The molecule has 9 N–H and O–H groups in total. The highest BCUT2D eigenvalue weighted by atomic mass is 79.9. The first-order valence-corrected chi connectivity index (χ1v) is 18.2. The normalized spacial score (nSPS) is 10.2. The van der Waals surface area contributed by atoms with Crippen molar-refractivity contribution in [3.05, 3.63) is 137 Å². The number of halogens is 2. The van der Waals surface area contributed by atoms with E-state index in [2.05, 4.69) is 46.5 Å². The van der Waals surface area contributed by atoms with Gasteiger partial charge >= 0.3 is 7.12 Å². The fourth-order valence-corrected chi connectivity index (χ4v) is 6.32. The first kappa shape index (κ1) is 41.2. The number of aromatic amines is 1. The molecular weight excluding hydrogens is 823 g/mol. The van der Waals surface area contributed by atoms with Crippen molar-refractivity contribution >= 4 is 97.8 Å². The van der Waals surface area contributed by atoms with Crippen molar-refractivity contribution in [2.75, 3.05) is 10.6 Å². The lowest BCUT2D eigenvalue weighted by atomic mass is 9.81. The van der Waals surface area contributed by atoms with Crippen LogP contribution in [0.2, 0.25) is 5.15 Å². The van der Waals surface area contributed by atoms with E-state index in [1.54, 1.807) is 53.2 Å². The number of nitrogens with one attached hydrogen (secondary N) is 3. The van der Waals surface area contributed by atoms with Crippen LogP contribution in [0.15, 0.2) is 92.5 Å². The lowest BCUT2D eigenvalue weighted by molar-refractivity contribution is 0.0989. The van der Waals surface area contributed by atoms with Gasteiger partial charge in [0.25, 0.3) is 23.6 Å². The van der Waals surface area contributed by atoms with Gasteiger partial charge in [0.05, 0.1) is 22.5 Å². The highest BCUT2D eigenvalue weighted by Gasteiger charge is 2.17. The van der Waals surface area contributed by atoms with Crippen LogP contribution in [0, 0.1) is 13.8 Å². The molecule has 15 nitrogen and oxygen atoms in total. The topological polar surface area (TPSA) is 256 Å². The molecule has 54 heavy (non-hydrogen) atoms. The van der Waals surface area contributed by atoms with Gasteiger partial charge in [-0.05, 0) is 88.8 Å². The highest BCUT2D eigenvalue weighted by molar-refractivity contribution is 9.11. The maximum absolute atomic E-state index is 12.4. The zero-order valence-corrected chi connectivity index (χ0v) is 32.1. The molecule has 0 radical (unpaired) electrons. The maximum atomic E-state index is 12.4. The Morgan fingerprint density at radius 2 is 1.37 bits per heavy atom. The molecular formula is C34H29BBrClN8O7S2. The lowest BCUT2D eigenvalue weighted by Crippen LogP contribution is -2.29. The summed E-state index contributed by atoms with van der Waals surface area (Å²) in [6.07, 6.45) is 2.93. The van der Waals surface area contributed by atoms with Crippen LogP contribution >= 0.6 is 50.2 Å². The molecule has 0 saturated carbocycles. The van der Waals surface area contributed by atoms with Gasteiger partial charge in [-0.2, -0.15) is 0 Å². The Bertz CT molecular complexity index is 2390. The Balaban J connectivity index is 0.000000197. The molecule has 0 spiro atoms. The van der Waals surface area contributed by atoms with Gasteiger partial charge in [-0.15, -0.1) is 22.7 Å². The van der Waals surface area contributed by atoms with Crippen LogP contribution < -0.4 is 33.1 Å². The van der Waals surface area contributed by atoms with Gasteiger partial charge in [0.15, 0.2) is 3.92 Å². The summed E-state index contributed by atoms with van der Waals surface area (Å²) in [7, 11) is -1.47. The summed E-state index contributed by atoms with van der Waals surface area (Å²) in [5, 5.41) is 26.6. The van der Waals surface area contributed by atoms with Gasteiger partial charge in [0, 0.05) is 34.8 Å². The van der Waals surface area contributed by atoms with E-state index in [0.29, 0.717) is 31.3 Å². The molecule has 6 aromatic rings. The molecule has 0 saturated heterocycles. The number of aromatic nitrogens is 4. The van der Waals surface area contributed by atoms with Crippen molar-refractivity contribution in [3.63, 3.8) is 0 Å². The number of carbonyl (C=O) groups excluding carboxylic acids is 4. The lowest BCUT2D eigenvalue weighted by Gasteiger charge is -2.08. The minimum Gasteiger partial charge on any atom is -0.423 e. The third-order valence-corrected chi connectivity index (χ3v) is 9.36. The Labute approximate surface area is 328 Å². The largest absolute Gasteiger partial charge is 0.488 e. The summed E-state index contributed by atoms with van der Waals surface area (Å²) in [4.78, 5) is 73.0. The quantitative estimate of drug-likeness (QED) is 0.0851. The number of benzene rings is 2. The first-order valence-electron chi connectivity index (χ1n) is 15.3. The van der Waals surface area contributed by atoms with Gasteiger partial charge in [0.1, 0.15) is 21.5 Å². The van der Waals surface area contributed by atoms with Gasteiger partial charge in [-0.3, -0.25) is 24.0 Å². The fourth-order valence-electron chi connectivity index (χ4n) is 4.35. The third-order valence-electron chi connectivity index (χ3n) is 6.89. The number of pyridine rings is 2. The summed E-state index contributed by atoms with van der Waals surface area (Å²) in [5.41, 5.74) is 14.8. The Morgan fingerprint density at radius 1 is 0.815 bits per heavy atom. The fraction of sp³-hybridized carbons (Fsp3) is 0.0588. The Morgan fingerprint density at radius 3 is 1.83 bits per heavy atom. The molecule has 0 unspecified atom stereocenters. The average molecular weight is 852 g/mol. The van der Waals surface area contributed by atoms with Crippen LogP contribution in [0.5, 0.6) is 0 Å². The van der Waals surface area contributed by atoms with Crippen molar-refractivity contribution in [1.82, 2.24) is 19.9 Å². The molecule has 2 aromatic carbocycles. The number of nitrogens with zero attached hydrogens (tertiary/aromatic N) is 3. The third kappa shape index (κ3) is 11.7. The number of anilines is 2. The molecule has 20 heteroatoms. The number of primary amides is 2. The van der Waals surface area contributed by atoms with E-state index in [9.17, 15) is 24.0 Å². The number of amides is 4. The second kappa shape index (κ2) is 19.0. The minimum atomic E-state index is -1.47. The standard InChI is InChI=1S/C17H14N4O3S.C12H10BrN3O2S.C5H5BClNO2/c1-9-2-3-11(15(18)23)12(6-9)20-16(24)13-8-25-17(21-13)10-4-5-19-14(22)7-10;1-6-2-3-7(10(14)17)8(4-6)15-11(18)9-5-19-12(13)16-9;7-5-3-4(6(9)10)1-2-8-5/h2-8H,1H3,(H2,18,23)(H,19,22)(H,20,24);2-5H,1H3,(H2,14,17)(H,15,18);1-3,9-10H. The maximum Gasteiger partial charge on any atom is 0.488 e. The molecule has 0 fully saturated rings. The summed E-state index contributed by atoms with van der Waals surface area (Å²) in [5.74, 6) is -2.05. The molecule has 4 aromatic heterocycles. The number of carbonyl (C=O) groups is 4. The summed E-state index contributed by atoms with van der Waals surface area (Å²) >= 11 is 11.2. The van der Waals surface area contributed by atoms with Crippen molar-refractivity contribution in [2.24, 2.45) is 11.5 Å². The second-order valence-corrected chi connectivity index (χ2v) is 14.4. The van der Waals surface area contributed by atoms with Crippen LogP contribution in [-0.2, 0) is 0 Å². The van der Waals surface area contributed by atoms with Crippen LogP contribution in [0.25, 0.3) is 10.6 Å². The van der Waals surface area contributed by atoms with Gasteiger partial charge in [-0.25, -0.2) is 15.0 Å². The molecule has 0 aliphatic heterocycles. The number of thiazole rings is 2. The van der Waals surface area contributed by atoms with Crippen LogP contribution in [0.4, 0.5) is 11.4 Å². The monoisotopic (exact) mass is 850 g/mol. The summed E-state index contributed by atoms with van der Waals surface area (Å²) < 4.78 is 0.622. The number of H-pyrrole nitrogens is 1. The van der Waals surface area contributed by atoms with Crippen LogP contribution in [0.3, 0.4) is 0 Å². The molecule has 276 valence electrons. The van der Waals surface area contributed by atoms with Crippen molar-refractivity contribution in [1.29, 1.82) is 0 Å². The van der Waals surface area contributed by atoms with Crippen LogP contribution in [-0.4, -0.2) is 60.7 Å². The minimum absolute atomic E-state index is 0.192. The molecule has 0 atom stereocenters. The molecule has 4 amide bonds. The van der Waals surface area contributed by atoms with Crippen LogP contribution in [0.1, 0.15) is 52.8 Å². The number of hydrogen-bond acceptors (Lipinski definition) is 12. The Kier molecular flexibility index (Phi) is 14.5. The molecule has 0 aliphatic rings. The number of aryl methyl sites for hydroxylation is 2. The first-order chi connectivity index (χ1) is 25.6. The van der Waals surface area contributed by atoms with Gasteiger partial charge in [-0.1, -0.05) is 23.7 Å². The van der Waals surface area contributed by atoms with Gasteiger partial charge < -0.3 is 37.1 Å². The zero-order valence-electron chi connectivity index (χ0n) is 28.2. The number of rotatable bonds is 8. The van der Waals surface area contributed by atoms with E-state index in [4.69, 9.17) is 33.1 Å². The van der Waals surface area contributed by atoms with E-state index < -0.39 is 24.8 Å². The van der Waals surface area contributed by atoms with Gasteiger partial charge in [0.2, 0.25) is 5.56 Å². The average Bonchev–Trinajstić information content (AvgIpc) is 3.79.